The van der Waals surface area contributed by atoms with Gasteiger partial charge in [-0.2, -0.15) is 4.98 Å². The number of hydrogen-bond acceptors (Lipinski definition) is 4. The second kappa shape index (κ2) is 4.11. The van der Waals surface area contributed by atoms with Gasteiger partial charge in [-0.3, -0.25) is 0 Å². The van der Waals surface area contributed by atoms with E-state index in [2.05, 4.69) is 17.0 Å². The van der Waals surface area contributed by atoms with Crippen molar-refractivity contribution in [1.82, 2.24) is 14.8 Å². The van der Waals surface area contributed by atoms with Gasteiger partial charge in [-0.05, 0) is 20.3 Å². The van der Waals surface area contributed by atoms with Crippen LogP contribution in [0.4, 0.5) is 5.95 Å². The van der Waals surface area contributed by atoms with Gasteiger partial charge in [0.25, 0.3) is 0 Å². The van der Waals surface area contributed by atoms with Gasteiger partial charge in [0.05, 0.1) is 12.6 Å². The van der Waals surface area contributed by atoms with E-state index in [1.165, 1.54) is 0 Å². The van der Waals surface area contributed by atoms with Crippen molar-refractivity contribution in [3.05, 3.63) is 0 Å². The van der Waals surface area contributed by atoms with E-state index in [1.54, 1.807) is 4.68 Å². The SMILES string of the molecule is CCOc1nc(N)n(C(C)CC)n1. The van der Waals surface area contributed by atoms with E-state index in [9.17, 15) is 0 Å². The highest BCUT2D eigenvalue weighted by Gasteiger charge is 2.11. The maximum atomic E-state index is 5.66. The molecule has 1 atom stereocenters. The quantitative estimate of drug-likeness (QED) is 0.764. The lowest BCUT2D eigenvalue weighted by molar-refractivity contribution is 0.307. The topological polar surface area (TPSA) is 66.0 Å². The Hall–Kier alpha value is -1.26. The van der Waals surface area contributed by atoms with Crippen LogP contribution in [0.15, 0.2) is 0 Å². The number of hydrogen-bond donors (Lipinski definition) is 1. The zero-order valence-electron chi connectivity index (χ0n) is 8.32. The molecule has 0 bridgehead atoms. The Bertz CT molecular complexity index is 271. The first-order chi connectivity index (χ1) is 6.19. The number of ether oxygens (including phenoxy) is 1. The molecule has 13 heavy (non-hydrogen) atoms. The molecule has 0 aliphatic rings. The molecule has 5 heteroatoms. The monoisotopic (exact) mass is 184 g/mol. The molecule has 1 aromatic heterocycles. The number of aromatic nitrogens is 3. The smallest absolute Gasteiger partial charge is 0.337 e. The Morgan fingerprint density at radius 2 is 2.23 bits per heavy atom. The summed E-state index contributed by atoms with van der Waals surface area (Å²) in [5.41, 5.74) is 5.66. The molecule has 74 valence electrons. The lowest BCUT2D eigenvalue weighted by atomic mass is 10.3. The fraction of sp³-hybridized carbons (Fsp3) is 0.750. The lowest BCUT2D eigenvalue weighted by Gasteiger charge is -2.08. The number of nitrogens with zero attached hydrogens (tertiary/aromatic N) is 3. The van der Waals surface area contributed by atoms with Gasteiger partial charge < -0.3 is 10.5 Å². The summed E-state index contributed by atoms with van der Waals surface area (Å²) in [7, 11) is 0. The highest BCUT2D eigenvalue weighted by molar-refractivity contribution is 5.19. The van der Waals surface area contributed by atoms with Crippen molar-refractivity contribution < 1.29 is 4.74 Å². The van der Waals surface area contributed by atoms with E-state index in [0.717, 1.165) is 6.42 Å². The highest BCUT2D eigenvalue weighted by atomic mass is 16.5. The third-order valence-electron chi connectivity index (χ3n) is 1.92. The first-order valence-electron chi connectivity index (χ1n) is 4.53. The van der Waals surface area contributed by atoms with Crippen LogP contribution in [0.1, 0.15) is 33.2 Å². The summed E-state index contributed by atoms with van der Waals surface area (Å²) in [6.45, 7) is 6.57. The summed E-state index contributed by atoms with van der Waals surface area (Å²) >= 11 is 0. The Balaban J connectivity index is 2.82. The minimum atomic E-state index is 0.265. The fourth-order valence-corrected chi connectivity index (χ4v) is 1.00. The van der Waals surface area contributed by atoms with Crippen molar-refractivity contribution in [3.8, 4) is 6.01 Å². The number of anilines is 1. The van der Waals surface area contributed by atoms with Crippen molar-refractivity contribution in [1.29, 1.82) is 0 Å². The van der Waals surface area contributed by atoms with E-state index in [4.69, 9.17) is 10.5 Å². The molecule has 0 spiro atoms. The molecule has 2 N–H and O–H groups in total. The largest absolute Gasteiger partial charge is 0.463 e. The number of nitrogens with two attached hydrogens (primary N) is 1. The van der Waals surface area contributed by atoms with Crippen LogP contribution in [0.5, 0.6) is 6.01 Å². The average molecular weight is 184 g/mol. The first kappa shape index (κ1) is 9.83. The molecule has 0 aliphatic carbocycles. The Kier molecular flexibility index (Phi) is 3.11. The van der Waals surface area contributed by atoms with Crippen molar-refractivity contribution in [2.24, 2.45) is 0 Å². The summed E-state index contributed by atoms with van der Waals surface area (Å²) in [6.07, 6.45) is 0.971. The minimum absolute atomic E-state index is 0.265. The third kappa shape index (κ3) is 2.11. The van der Waals surface area contributed by atoms with Gasteiger partial charge in [-0.25, -0.2) is 4.68 Å². The van der Waals surface area contributed by atoms with Crippen molar-refractivity contribution in [2.75, 3.05) is 12.3 Å². The zero-order chi connectivity index (χ0) is 9.84. The van der Waals surface area contributed by atoms with Gasteiger partial charge in [-0.15, -0.1) is 5.10 Å². The second-order valence-corrected chi connectivity index (χ2v) is 2.89. The van der Waals surface area contributed by atoms with Crippen LogP contribution in [0.2, 0.25) is 0 Å². The number of nitrogen functional groups attached to an aromatic ring is 1. The van der Waals surface area contributed by atoms with Gasteiger partial charge in [0.1, 0.15) is 0 Å². The highest BCUT2D eigenvalue weighted by Crippen LogP contribution is 2.15. The van der Waals surface area contributed by atoms with E-state index >= 15 is 0 Å². The van der Waals surface area contributed by atoms with E-state index in [0.29, 0.717) is 18.6 Å². The van der Waals surface area contributed by atoms with Crippen LogP contribution in [0.3, 0.4) is 0 Å². The van der Waals surface area contributed by atoms with E-state index in [-0.39, 0.29) is 6.04 Å². The van der Waals surface area contributed by atoms with Gasteiger partial charge >= 0.3 is 6.01 Å². The van der Waals surface area contributed by atoms with Gasteiger partial charge in [0, 0.05) is 0 Å². The lowest BCUT2D eigenvalue weighted by Crippen LogP contribution is -2.09. The van der Waals surface area contributed by atoms with Crippen LogP contribution >= 0.6 is 0 Å². The van der Waals surface area contributed by atoms with Gasteiger partial charge in [-0.1, -0.05) is 6.92 Å². The second-order valence-electron chi connectivity index (χ2n) is 2.89. The Morgan fingerprint density at radius 3 is 2.77 bits per heavy atom. The standard InChI is InChI=1S/C8H16N4O/c1-4-6(3)12-7(9)10-8(11-12)13-5-2/h6H,4-5H2,1-3H3,(H2,9,10,11). The van der Waals surface area contributed by atoms with Crippen LogP contribution < -0.4 is 10.5 Å². The summed E-state index contributed by atoms with van der Waals surface area (Å²) in [5.74, 6) is 0.415. The summed E-state index contributed by atoms with van der Waals surface area (Å²) in [5, 5.41) is 4.13. The molecule has 1 aromatic rings. The summed E-state index contributed by atoms with van der Waals surface area (Å²) < 4.78 is 6.82. The van der Waals surface area contributed by atoms with Gasteiger partial charge in [0.2, 0.25) is 5.95 Å². The maximum Gasteiger partial charge on any atom is 0.337 e. The Labute approximate surface area is 77.9 Å². The molecule has 0 aliphatic heterocycles. The maximum absolute atomic E-state index is 5.66. The molecule has 0 saturated carbocycles. The molecule has 5 nitrogen and oxygen atoms in total. The van der Waals surface area contributed by atoms with Crippen molar-refractivity contribution in [3.63, 3.8) is 0 Å². The Morgan fingerprint density at radius 1 is 1.54 bits per heavy atom. The molecule has 0 aromatic carbocycles. The molecular formula is C8H16N4O. The molecule has 1 heterocycles. The summed E-state index contributed by atoms with van der Waals surface area (Å²) in [4.78, 5) is 3.98. The normalized spacial score (nSPS) is 12.8. The van der Waals surface area contributed by atoms with Gasteiger partial charge in [0.15, 0.2) is 0 Å². The first-order valence-corrected chi connectivity index (χ1v) is 4.53. The summed E-state index contributed by atoms with van der Waals surface area (Å²) in [6, 6.07) is 0.627. The molecule has 0 radical (unpaired) electrons. The van der Waals surface area contributed by atoms with Crippen LogP contribution in [-0.2, 0) is 0 Å². The number of rotatable bonds is 4. The minimum Gasteiger partial charge on any atom is -0.463 e. The van der Waals surface area contributed by atoms with Crippen LogP contribution in [0.25, 0.3) is 0 Å². The predicted molar refractivity (Wildman–Crippen MR) is 50.6 cm³/mol. The van der Waals surface area contributed by atoms with Crippen molar-refractivity contribution >= 4 is 5.95 Å². The molecule has 1 unspecified atom stereocenters. The molecule has 0 saturated heterocycles. The van der Waals surface area contributed by atoms with E-state index < -0.39 is 0 Å². The third-order valence-corrected chi connectivity index (χ3v) is 1.92. The van der Waals surface area contributed by atoms with E-state index in [1.807, 2.05) is 13.8 Å². The molecular weight excluding hydrogens is 168 g/mol. The molecule has 0 fully saturated rings. The zero-order valence-corrected chi connectivity index (χ0v) is 8.32. The fourth-order valence-electron chi connectivity index (χ4n) is 1.00. The predicted octanol–water partition coefficient (Wildman–Crippen LogP) is 1.23. The average Bonchev–Trinajstić information content (AvgIpc) is 2.46. The molecule has 0 amide bonds. The van der Waals surface area contributed by atoms with Crippen molar-refractivity contribution in [2.45, 2.75) is 33.2 Å². The van der Waals surface area contributed by atoms with Crippen LogP contribution in [0, 0.1) is 0 Å². The van der Waals surface area contributed by atoms with Crippen LogP contribution in [-0.4, -0.2) is 21.4 Å². The molecule has 1 rings (SSSR count).